The van der Waals surface area contributed by atoms with Crippen LogP contribution in [-0.4, -0.2) is 11.8 Å². The summed E-state index contributed by atoms with van der Waals surface area (Å²) < 4.78 is 3.66. The molecule has 3 nitrogen and oxygen atoms in total. The van der Waals surface area contributed by atoms with Gasteiger partial charge in [-0.05, 0) is 0 Å². The molecule has 0 atom stereocenters. The quantitative estimate of drug-likeness (QED) is 0.550. The van der Waals surface area contributed by atoms with Gasteiger partial charge in [-0.2, -0.15) is 0 Å². The molecular formula is C5H7ClO3. The van der Waals surface area contributed by atoms with Crippen molar-refractivity contribution in [2.75, 3.05) is 0 Å². The Morgan fingerprint density at radius 2 is 1.89 bits per heavy atom. The predicted molar refractivity (Wildman–Crippen MR) is 31.8 cm³/mol. The molecule has 0 radical (unpaired) electrons. The van der Waals surface area contributed by atoms with Crippen LogP contribution in [-0.2, 0) is 13.9 Å². The topological polar surface area (TPSA) is 43.4 Å². The molecular weight excluding hydrogens is 144 g/mol. The van der Waals surface area contributed by atoms with E-state index >= 15 is 0 Å². The summed E-state index contributed by atoms with van der Waals surface area (Å²) in [7, 11) is 0. The van der Waals surface area contributed by atoms with Crippen molar-refractivity contribution in [2.45, 2.75) is 13.8 Å². The second-order valence-corrected chi connectivity index (χ2v) is 2.04. The molecule has 0 N–H and O–H groups in total. The summed E-state index contributed by atoms with van der Waals surface area (Å²) >= 11 is 4.62. The molecule has 0 bridgehead atoms. The molecule has 0 aliphatic rings. The van der Waals surface area contributed by atoms with Crippen LogP contribution in [0.15, 0.2) is 0 Å². The van der Waals surface area contributed by atoms with Crippen molar-refractivity contribution in [1.29, 1.82) is 0 Å². The molecule has 0 aliphatic carbocycles. The lowest BCUT2D eigenvalue weighted by Crippen LogP contribution is -2.19. The van der Waals surface area contributed by atoms with Crippen LogP contribution in [0.1, 0.15) is 13.8 Å². The summed E-state index contributed by atoms with van der Waals surface area (Å²) in [4.78, 5) is 20.8. The predicted octanol–water partition coefficient (Wildman–Crippen LogP) is 0.908. The van der Waals surface area contributed by atoms with E-state index in [4.69, 9.17) is 0 Å². The fourth-order valence-electron chi connectivity index (χ4n) is 0.274. The molecule has 0 aromatic carbocycles. The summed E-state index contributed by atoms with van der Waals surface area (Å²) in [5.74, 6) is -1.95. The van der Waals surface area contributed by atoms with Crippen molar-refractivity contribution < 1.29 is 13.9 Å². The van der Waals surface area contributed by atoms with Gasteiger partial charge in [0.15, 0.2) is 0 Å². The number of ketones is 1. The summed E-state index contributed by atoms with van der Waals surface area (Å²) in [6.07, 6.45) is 0. The van der Waals surface area contributed by atoms with Crippen molar-refractivity contribution in [3.8, 4) is 0 Å². The lowest BCUT2D eigenvalue weighted by molar-refractivity contribution is -0.148. The van der Waals surface area contributed by atoms with E-state index < -0.39 is 11.8 Å². The van der Waals surface area contributed by atoms with E-state index in [2.05, 4.69) is 16.2 Å². The highest BCUT2D eigenvalue weighted by molar-refractivity contribution is 6.38. The Bertz CT molecular complexity index is 130. The van der Waals surface area contributed by atoms with E-state index in [1.807, 2.05) is 0 Å². The number of carbonyl (C=O) groups is 2. The third-order valence-corrected chi connectivity index (χ3v) is 0.936. The molecule has 4 heteroatoms. The van der Waals surface area contributed by atoms with Crippen LogP contribution in [0.5, 0.6) is 0 Å². The van der Waals surface area contributed by atoms with Crippen molar-refractivity contribution in [3.05, 3.63) is 0 Å². The van der Waals surface area contributed by atoms with Gasteiger partial charge in [-0.1, -0.05) is 13.8 Å². The number of Topliss-reactive ketones (excluding diaryl/α,β-unsaturated/α-hetero) is 1. The van der Waals surface area contributed by atoms with Crippen molar-refractivity contribution in [3.63, 3.8) is 0 Å². The Morgan fingerprint density at radius 3 is 2.00 bits per heavy atom. The number of hydrogen-bond acceptors (Lipinski definition) is 3. The van der Waals surface area contributed by atoms with Crippen molar-refractivity contribution in [1.82, 2.24) is 0 Å². The van der Waals surface area contributed by atoms with Gasteiger partial charge in [0, 0.05) is 5.92 Å². The monoisotopic (exact) mass is 150 g/mol. The molecule has 0 fully saturated rings. The van der Waals surface area contributed by atoms with Gasteiger partial charge in [0.2, 0.25) is 5.78 Å². The molecule has 0 aliphatic heterocycles. The molecule has 0 amide bonds. The molecule has 9 heavy (non-hydrogen) atoms. The normalized spacial score (nSPS) is 9.33. The van der Waals surface area contributed by atoms with E-state index in [1.54, 1.807) is 13.8 Å². The molecule has 0 spiro atoms. The second kappa shape index (κ2) is 3.45. The number of rotatable bonds is 2. The third kappa shape index (κ3) is 2.46. The van der Waals surface area contributed by atoms with Crippen LogP contribution >= 0.6 is 11.9 Å². The van der Waals surface area contributed by atoms with Crippen LogP contribution in [0.4, 0.5) is 0 Å². The highest BCUT2D eigenvalue weighted by Crippen LogP contribution is 1.96. The zero-order valence-electron chi connectivity index (χ0n) is 5.18. The first kappa shape index (κ1) is 8.43. The first-order valence-electron chi connectivity index (χ1n) is 2.46. The fourth-order valence-corrected chi connectivity index (χ4v) is 0.350. The van der Waals surface area contributed by atoms with Gasteiger partial charge in [-0.3, -0.25) is 4.79 Å². The molecule has 52 valence electrons. The lowest BCUT2D eigenvalue weighted by Gasteiger charge is -1.96. The van der Waals surface area contributed by atoms with Crippen LogP contribution in [0, 0.1) is 5.92 Å². The zero-order valence-corrected chi connectivity index (χ0v) is 5.94. The molecule has 0 heterocycles. The lowest BCUT2D eigenvalue weighted by atomic mass is 10.1. The fraction of sp³-hybridized carbons (Fsp3) is 0.600. The van der Waals surface area contributed by atoms with Crippen LogP contribution in [0.25, 0.3) is 0 Å². The largest absolute Gasteiger partial charge is 0.392 e. The van der Waals surface area contributed by atoms with E-state index in [9.17, 15) is 9.59 Å². The second-order valence-electron chi connectivity index (χ2n) is 1.88. The summed E-state index contributed by atoms with van der Waals surface area (Å²) in [6.45, 7) is 3.19. The van der Waals surface area contributed by atoms with Gasteiger partial charge >= 0.3 is 5.97 Å². The molecule has 0 saturated carbocycles. The average molecular weight is 151 g/mol. The summed E-state index contributed by atoms with van der Waals surface area (Å²) in [6, 6.07) is 0. The maximum Gasteiger partial charge on any atom is 0.392 e. The molecule has 0 saturated heterocycles. The van der Waals surface area contributed by atoms with Gasteiger partial charge in [-0.25, -0.2) is 4.79 Å². The van der Waals surface area contributed by atoms with Gasteiger partial charge in [-0.15, -0.1) is 0 Å². The molecule has 0 aromatic rings. The summed E-state index contributed by atoms with van der Waals surface area (Å²) in [5.41, 5.74) is 0. The Labute approximate surface area is 58.1 Å². The van der Waals surface area contributed by atoms with Gasteiger partial charge in [0.05, 0.1) is 0 Å². The number of carbonyl (C=O) groups excluding carboxylic acids is 2. The highest BCUT2D eigenvalue weighted by Gasteiger charge is 2.18. The van der Waals surface area contributed by atoms with Crippen LogP contribution < -0.4 is 0 Å². The SMILES string of the molecule is CC(C)C(=O)C(=O)OCl. The Balaban J connectivity index is 3.89. The van der Waals surface area contributed by atoms with Gasteiger partial charge in [0.25, 0.3) is 0 Å². The van der Waals surface area contributed by atoms with Crippen LogP contribution in [0.2, 0.25) is 0 Å². The maximum atomic E-state index is 10.5. The number of hydrogen-bond donors (Lipinski definition) is 0. The van der Waals surface area contributed by atoms with E-state index in [-0.39, 0.29) is 5.92 Å². The molecule has 0 aromatic heterocycles. The zero-order chi connectivity index (χ0) is 7.44. The molecule has 0 unspecified atom stereocenters. The Kier molecular flexibility index (Phi) is 3.24. The minimum atomic E-state index is -0.994. The minimum absolute atomic E-state index is 0.351. The third-order valence-electron chi connectivity index (χ3n) is 0.796. The minimum Gasteiger partial charge on any atom is -0.341 e. The summed E-state index contributed by atoms with van der Waals surface area (Å²) in [5, 5.41) is 0. The van der Waals surface area contributed by atoms with Gasteiger partial charge in [0.1, 0.15) is 11.9 Å². The first-order valence-corrected chi connectivity index (χ1v) is 2.77. The van der Waals surface area contributed by atoms with Crippen molar-refractivity contribution in [2.24, 2.45) is 5.92 Å². The maximum absolute atomic E-state index is 10.5. The van der Waals surface area contributed by atoms with Gasteiger partial charge < -0.3 is 4.29 Å². The van der Waals surface area contributed by atoms with Crippen LogP contribution in [0.3, 0.4) is 0 Å². The molecule has 0 rings (SSSR count). The average Bonchev–Trinajstić information content (AvgIpc) is 1.84. The Hall–Kier alpha value is -0.570. The number of halogens is 1. The standard InChI is InChI=1S/C5H7ClO3/c1-3(2)4(7)5(8)9-6/h3H,1-2H3. The van der Waals surface area contributed by atoms with E-state index in [0.29, 0.717) is 0 Å². The first-order chi connectivity index (χ1) is 4.09. The van der Waals surface area contributed by atoms with Crippen molar-refractivity contribution >= 4 is 23.6 Å². The smallest absolute Gasteiger partial charge is 0.341 e. The Morgan fingerprint density at radius 1 is 1.44 bits per heavy atom. The highest BCUT2D eigenvalue weighted by atomic mass is 35.5. The van der Waals surface area contributed by atoms with E-state index in [1.165, 1.54) is 0 Å². The van der Waals surface area contributed by atoms with E-state index in [0.717, 1.165) is 0 Å².